The lowest BCUT2D eigenvalue weighted by atomic mass is 10.2. The Hall–Kier alpha value is -2.34. The second kappa shape index (κ2) is 6.62. The molecule has 1 aromatic carbocycles. The molecule has 3 aromatic rings. The van der Waals surface area contributed by atoms with Crippen molar-refractivity contribution in [3.8, 4) is 0 Å². The lowest BCUT2D eigenvalue weighted by Gasteiger charge is -2.10. The highest BCUT2D eigenvalue weighted by atomic mass is 79.9. The molecule has 0 aliphatic rings. The van der Waals surface area contributed by atoms with Gasteiger partial charge in [-0.2, -0.15) is 4.98 Å². The molecule has 2 aromatic heterocycles. The quantitative estimate of drug-likeness (QED) is 0.703. The summed E-state index contributed by atoms with van der Waals surface area (Å²) < 4.78 is 6.33. The minimum absolute atomic E-state index is 0.551. The molecule has 0 atom stereocenters. The van der Waals surface area contributed by atoms with E-state index in [2.05, 4.69) is 36.5 Å². The van der Waals surface area contributed by atoms with Crippen LogP contribution in [0.5, 0.6) is 0 Å². The third kappa shape index (κ3) is 3.65. The van der Waals surface area contributed by atoms with Crippen molar-refractivity contribution in [3.05, 3.63) is 64.7 Å². The highest BCUT2D eigenvalue weighted by molar-refractivity contribution is 9.10. The molecule has 0 radical (unpaired) electrons. The summed E-state index contributed by atoms with van der Waals surface area (Å²) in [7, 11) is 0. The molecule has 0 saturated carbocycles. The molecule has 0 spiro atoms. The molecule has 0 amide bonds. The molecule has 2 N–H and O–H groups in total. The van der Waals surface area contributed by atoms with Gasteiger partial charge in [-0.1, -0.05) is 15.9 Å². The van der Waals surface area contributed by atoms with Crippen molar-refractivity contribution >= 4 is 33.4 Å². The molecule has 0 aliphatic heterocycles. The number of aromatic nitrogens is 2. The van der Waals surface area contributed by atoms with Gasteiger partial charge in [0, 0.05) is 16.4 Å². The SMILES string of the molecule is Cc1cc(Br)ccc1Nc1nccc(NCc2ccco2)n1. The fraction of sp³-hybridized carbons (Fsp3) is 0.125. The molecule has 0 saturated heterocycles. The Morgan fingerprint density at radius 3 is 2.91 bits per heavy atom. The zero-order chi connectivity index (χ0) is 15.4. The summed E-state index contributed by atoms with van der Waals surface area (Å²) in [5.41, 5.74) is 2.10. The average molecular weight is 359 g/mol. The largest absolute Gasteiger partial charge is 0.467 e. The normalized spacial score (nSPS) is 10.5. The first-order valence-corrected chi connectivity index (χ1v) is 7.62. The van der Waals surface area contributed by atoms with Crippen LogP contribution in [0.2, 0.25) is 0 Å². The van der Waals surface area contributed by atoms with Crippen molar-refractivity contribution in [1.29, 1.82) is 0 Å². The molecule has 0 fully saturated rings. The van der Waals surface area contributed by atoms with Crippen LogP contribution in [0, 0.1) is 6.92 Å². The van der Waals surface area contributed by atoms with E-state index in [0.717, 1.165) is 27.3 Å². The van der Waals surface area contributed by atoms with Gasteiger partial charge in [-0.05, 0) is 48.9 Å². The van der Waals surface area contributed by atoms with Crippen LogP contribution in [0.1, 0.15) is 11.3 Å². The van der Waals surface area contributed by atoms with Crippen LogP contribution < -0.4 is 10.6 Å². The van der Waals surface area contributed by atoms with Crippen LogP contribution in [-0.2, 0) is 6.54 Å². The summed E-state index contributed by atoms with van der Waals surface area (Å²) in [6.07, 6.45) is 3.37. The van der Waals surface area contributed by atoms with Gasteiger partial charge in [0.2, 0.25) is 5.95 Å². The first-order chi connectivity index (χ1) is 10.7. The van der Waals surface area contributed by atoms with Gasteiger partial charge in [0.15, 0.2) is 0 Å². The van der Waals surface area contributed by atoms with Gasteiger partial charge in [-0.15, -0.1) is 0 Å². The Morgan fingerprint density at radius 1 is 1.23 bits per heavy atom. The van der Waals surface area contributed by atoms with Crippen LogP contribution in [0.25, 0.3) is 0 Å². The van der Waals surface area contributed by atoms with Crippen molar-refractivity contribution in [2.45, 2.75) is 13.5 Å². The fourth-order valence-electron chi connectivity index (χ4n) is 2.00. The smallest absolute Gasteiger partial charge is 0.229 e. The van der Waals surface area contributed by atoms with Gasteiger partial charge < -0.3 is 15.1 Å². The van der Waals surface area contributed by atoms with Crippen LogP contribution in [0.3, 0.4) is 0 Å². The summed E-state index contributed by atoms with van der Waals surface area (Å²) in [6.45, 7) is 2.62. The molecule has 22 heavy (non-hydrogen) atoms. The number of nitrogens with one attached hydrogen (secondary N) is 2. The average Bonchev–Trinajstić information content (AvgIpc) is 3.02. The maximum atomic E-state index is 5.28. The highest BCUT2D eigenvalue weighted by Crippen LogP contribution is 2.22. The van der Waals surface area contributed by atoms with Crippen molar-refractivity contribution in [2.24, 2.45) is 0 Å². The Bertz CT molecular complexity index is 759. The van der Waals surface area contributed by atoms with E-state index >= 15 is 0 Å². The Balaban J connectivity index is 1.70. The number of aryl methyl sites for hydroxylation is 1. The number of rotatable bonds is 5. The molecular weight excluding hydrogens is 344 g/mol. The Kier molecular flexibility index (Phi) is 4.39. The molecule has 112 valence electrons. The van der Waals surface area contributed by atoms with Crippen LogP contribution in [0.15, 0.2) is 57.7 Å². The number of hydrogen-bond donors (Lipinski definition) is 2. The minimum atomic E-state index is 0.551. The molecular formula is C16H15BrN4O. The van der Waals surface area contributed by atoms with E-state index in [0.29, 0.717) is 12.5 Å². The maximum Gasteiger partial charge on any atom is 0.229 e. The van der Waals surface area contributed by atoms with E-state index < -0.39 is 0 Å². The molecule has 3 rings (SSSR count). The molecule has 0 aliphatic carbocycles. The number of hydrogen-bond acceptors (Lipinski definition) is 5. The second-order valence-corrected chi connectivity index (χ2v) is 5.70. The van der Waals surface area contributed by atoms with Crippen molar-refractivity contribution < 1.29 is 4.42 Å². The topological polar surface area (TPSA) is 63.0 Å². The summed E-state index contributed by atoms with van der Waals surface area (Å²) in [6, 6.07) is 11.6. The summed E-state index contributed by atoms with van der Waals surface area (Å²) in [5.74, 6) is 2.15. The maximum absolute atomic E-state index is 5.28. The van der Waals surface area contributed by atoms with E-state index in [1.807, 2.05) is 43.3 Å². The number of halogens is 1. The van der Waals surface area contributed by atoms with Gasteiger partial charge in [-0.3, -0.25) is 0 Å². The predicted octanol–water partition coefficient (Wildman–Crippen LogP) is 4.50. The van der Waals surface area contributed by atoms with Crippen molar-refractivity contribution in [2.75, 3.05) is 10.6 Å². The zero-order valence-electron chi connectivity index (χ0n) is 12.0. The van der Waals surface area contributed by atoms with Gasteiger partial charge >= 0.3 is 0 Å². The first-order valence-electron chi connectivity index (χ1n) is 6.83. The number of furan rings is 1. The summed E-state index contributed by atoms with van der Waals surface area (Å²) in [4.78, 5) is 8.69. The molecule has 6 heteroatoms. The predicted molar refractivity (Wildman–Crippen MR) is 90.2 cm³/mol. The van der Waals surface area contributed by atoms with Crippen LogP contribution in [-0.4, -0.2) is 9.97 Å². The lowest BCUT2D eigenvalue weighted by molar-refractivity contribution is 0.518. The third-order valence-electron chi connectivity index (χ3n) is 3.11. The number of nitrogens with zero attached hydrogens (tertiary/aromatic N) is 2. The van der Waals surface area contributed by atoms with Crippen molar-refractivity contribution in [1.82, 2.24) is 9.97 Å². The van der Waals surface area contributed by atoms with Crippen LogP contribution >= 0.6 is 15.9 Å². The van der Waals surface area contributed by atoms with E-state index in [4.69, 9.17) is 4.42 Å². The number of anilines is 3. The second-order valence-electron chi connectivity index (χ2n) is 4.78. The standard InChI is InChI=1S/C16H15BrN4O/c1-11-9-12(17)4-5-14(11)20-16-18-7-6-15(21-16)19-10-13-3-2-8-22-13/h2-9H,10H2,1H3,(H2,18,19,20,21). The van der Waals surface area contributed by atoms with E-state index in [9.17, 15) is 0 Å². The number of benzene rings is 1. The van der Waals surface area contributed by atoms with E-state index in [1.54, 1.807) is 12.5 Å². The lowest BCUT2D eigenvalue weighted by Crippen LogP contribution is -2.04. The third-order valence-corrected chi connectivity index (χ3v) is 3.61. The molecule has 0 bridgehead atoms. The molecule has 0 unspecified atom stereocenters. The van der Waals surface area contributed by atoms with Gasteiger partial charge in [0.1, 0.15) is 11.6 Å². The van der Waals surface area contributed by atoms with Crippen molar-refractivity contribution in [3.63, 3.8) is 0 Å². The van der Waals surface area contributed by atoms with Gasteiger partial charge in [0.25, 0.3) is 0 Å². The van der Waals surface area contributed by atoms with E-state index in [1.165, 1.54) is 0 Å². The summed E-state index contributed by atoms with van der Waals surface area (Å²) in [5, 5.41) is 6.43. The monoisotopic (exact) mass is 358 g/mol. The summed E-state index contributed by atoms with van der Waals surface area (Å²) >= 11 is 3.45. The van der Waals surface area contributed by atoms with Crippen LogP contribution in [0.4, 0.5) is 17.5 Å². The Morgan fingerprint density at radius 2 is 2.14 bits per heavy atom. The zero-order valence-corrected chi connectivity index (χ0v) is 13.6. The first kappa shape index (κ1) is 14.6. The van der Waals surface area contributed by atoms with E-state index in [-0.39, 0.29) is 0 Å². The fourth-order valence-corrected chi connectivity index (χ4v) is 2.47. The highest BCUT2D eigenvalue weighted by Gasteiger charge is 2.04. The van der Waals surface area contributed by atoms with Gasteiger partial charge in [-0.25, -0.2) is 4.98 Å². The Labute approximate surface area is 136 Å². The van der Waals surface area contributed by atoms with Gasteiger partial charge in [0.05, 0.1) is 12.8 Å². The molecule has 2 heterocycles. The molecule has 5 nitrogen and oxygen atoms in total. The minimum Gasteiger partial charge on any atom is -0.467 e.